The molecule has 0 aromatic heterocycles. The molecular formula is C13H21NO3. The van der Waals surface area contributed by atoms with Crippen LogP contribution >= 0.6 is 0 Å². The van der Waals surface area contributed by atoms with E-state index in [0.29, 0.717) is 12.1 Å². The van der Waals surface area contributed by atoms with Crippen molar-refractivity contribution >= 4 is 6.09 Å². The van der Waals surface area contributed by atoms with Gasteiger partial charge in [-0.15, -0.1) is 0 Å². The molecule has 4 nitrogen and oxygen atoms in total. The number of hydrogen-bond donors (Lipinski definition) is 0. The van der Waals surface area contributed by atoms with E-state index in [2.05, 4.69) is 0 Å². The molecule has 1 amide bonds. The van der Waals surface area contributed by atoms with E-state index < -0.39 is 5.60 Å². The number of carbonyl (C=O) groups excluding carboxylic acids is 1. The van der Waals surface area contributed by atoms with E-state index in [1.807, 2.05) is 25.7 Å². The van der Waals surface area contributed by atoms with Crippen LogP contribution in [-0.4, -0.2) is 40.9 Å². The van der Waals surface area contributed by atoms with Gasteiger partial charge in [0.1, 0.15) is 5.60 Å². The smallest absolute Gasteiger partial charge is 0.410 e. The number of fused-ring (bicyclic) bond motifs is 2. The Morgan fingerprint density at radius 2 is 1.82 bits per heavy atom. The van der Waals surface area contributed by atoms with Gasteiger partial charge in [0.25, 0.3) is 0 Å². The van der Waals surface area contributed by atoms with Crippen molar-refractivity contribution in [1.82, 2.24) is 4.90 Å². The van der Waals surface area contributed by atoms with Crippen molar-refractivity contribution < 1.29 is 14.3 Å². The van der Waals surface area contributed by atoms with Crippen LogP contribution in [0.15, 0.2) is 0 Å². The van der Waals surface area contributed by atoms with Gasteiger partial charge >= 0.3 is 6.09 Å². The fourth-order valence-electron chi connectivity index (χ4n) is 3.25. The fourth-order valence-corrected chi connectivity index (χ4v) is 3.25. The lowest BCUT2D eigenvalue weighted by Crippen LogP contribution is -2.50. The van der Waals surface area contributed by atoms with Crippen LogP contribution in [0.2, 0.25) is 0 Å². The van der Waals surface area contributed by atoms with Crippen LogP contribution in [0.25, 0.3) is 0 Å². The van der Waals surface area contributed by atoms with Crippen LogP contribution < -0.4 is 0 Å². The summed E-state index contributed by atoms with van der Waals surface area (Å²) in [5.74, 6) is 0. The van der Waals surface area contributed by atoms with Crippen LogP contribution in [0.3, 0.4) is 0 Å². The van der Waals surface area contributed by atoms with Crippen molar-refractivity contribution in [3.05, 3.63) is 0 Å². The summed E-state index contributed by atoms with van der Waals surface area (Å²) >= 11 is 0. The Kier molecular flexibility index (Phi) is 2.25. The van der Waals surface area contributed by atoms with E-state index in [1.165, 1.54) is 0 Å². The zero-order valence-corrected chi connectivity index (χ0v) is 10.9. The highest BCUT2D eigenvalue weighted by Gasteiger charge is 2.57. The second kappa shape index (κ2) is 3.37. The van der Waals surface area contributed by atoms with Gasteiger partial charge in [-0.1, -0.05) is 0 Å². The summed E-state index contributed by atoms with van der Waals surface area (Å²) in [4.78, 5) is 14.1. The van der Waals surface area contributed by atoms with E-state index in [0.717, 1.165) is 32.3 Å². The maximum Gasteiger partial charge on any atom is 0.410 e. The summed E-state index contributed by atoms with van der Waals surface area (Å²) in [7, 11) is 0. The molecule has 0 saturated carbocycles. The van der Waals surface area contributed by atoms with Gasteiger partial charge in [0, 0.05) is 12.1 Å². The number of carbonyl (C=O) groups is 1. The van der Waals surface area contributed by atoms with Crippen LogP contribution in [0.1, 0.15) is 46.5 Å². The molecule has 0 aliphatic carbocycles. The number of amides is 1. The molecule has 4 heteroatoms. The molecule has 3 rings (SSSR count). The Labute approximate surface area is 102 Å². The minimum absolute atomic E-state index is 0.129. The highest BCUT2D eigenvalue weighted by atomic mass is 16.6. The molecule has 1 spiro atoms. The van der Waals surface area contributed by atoms with Gasteiger partial charge in [-0.05, 0) is 46.5 Å². The van der Waals surface area contributed by atoms with Crippen molar-refractivity contribution in [3.63, 3.8) is 0 Å². The van der Waals surface area contributed by atoms with E-state index in [1.54, 1.807) is 0 Å². The summed E-state index contributed by atoms with van der Waals surface area (Å²) in [6.45, 7) is 6.65. The van der Waals surface area contributed by atoms with Crippen molar-refractivity contribution in [2.24, 2.45) is 0 Å². The fraction of sp³-hybridized carbons (Fsp3) is 0.923. The normalized spacial score (nSPS) is 39.6. The summed E-state index contributed by atoms with van der Waals surface area (Å²) in [5.41, 5.74) is -0.272. The van der Waals surface area contributed by atoms with Crippen molar-refractivity contribution in [2.45, 2.75) is 69.7 Å². The first-order chi connectivity index (χ1) is 7.89. The Morgan fingerprint density at radius 3 is 2.24 bits per heavy atom. The van der Waals surface area contributed by atoms with Gasteiger partial charge in [0.2, 0.25) is 0 Å². The Hall–Kier alpha value is -0.770. The van der Waals surface area contributed by atoms with E-state index in [4.69, 9.17) is 9.47 Å². The third-order valence-electron chi connectivity index (χ3n) is 3.99. The second-order valence-electron chi connectivity index (χ2n) is 6.65. The minimum Gasteiger partial charge on any atom is -0.444 e. The van der Waals surface area contributed by atoms with Crippen LogP contribution in [0.4, 0.5) is 4.79 Å². The summed E-state index contributed by atoms with van der Waals surface area (Å²) in [5, 5.41) is 0. The van der Waals surface area contributed by atoms with Gasteiger partial charge in [-0.2, -0.15) is 0 Å². The third kappa shape index (κ3) is 2.03. The highest BCUT2D eigenvalue weighted by molar-refractivity contribution is 5.69. The Morgan fingerprint density at radius 1 is 1.29 bits per heavy atom. The largest absolute Gasteiger partial charge is 0.444 e. The molecule has 0 aromatic rings. The molecule has 0 N–H and O–H groups in total. The molecule has 17 heavy (non-hydrogen) atoms. The second-order valence-corrected chi connectivity index (χ2v) is 6.65. The minimum atomic E-state index is -0.401. The molecular weight excluding hydrogens is 218 g/mol. The lowest BCUT2D eigenvalue weighted by molar-refractivity contribution is -0.00100. The Balaban J connectivity index is 1.70. The quantitative estimate of drug-likeness (QED) is 0.609. The predicted molar refractivity (Wildman–Crippen MR) is 62.8 cm³/mol. The highest BCUT2D eigenvalue weighted by Crippen LogP contribution is 2.49. The van der Waals surface area contributed by atoms with Gasteiger partial charge < -0.3 is 14.4 Å². The van der Waals surface area contributed by atoms with Gasteiger partial charge in [-0.3, -0.25) is 0 Å². The monoisotopic (exact) mass is 239 g/mol. The molecule has 0 unspecified atom stereocenters. The third-order valence-corrected chi connectivity index (χ3v) is 3.99. The topological polar surface area (TPSA) is 42.1 Å². The molecule has 0 radical (unpaired) electrons. The molecule has 0 aromatic carbocycles. The van der Waals surface area contributed by atoms with Crippen molar-refractivity contribution in [1.29, 1.82) is 0 Å². The number of hydrogen-bond acceptors (Lipinski definition) is 3. The number of rotatable bonds is 0. The molecule has 96 valence electrons. The van der Waals surface area contributed by atoms with E-state index >= 15 is 0 Å². The number of nitrogens with zero attached hydrogens (tertiary/aromatic N) is 1. The molecule has 3 aliphatic rings. The van der Waals surface area contributed by atoms with Crippen LogP contribution in [-0.2, 0) is 9.47 Å². The molecule has 2 atom stereocenters. The van der Waals surface area contributed by atoms with E-state index in [-0.39, 0.29) is 11.7 Å². The number of ether oxygens (including phenoxy) is 2. The van der Waals surface area contributed by atoms with Gasteiger partial charge in [0.15, 0.2) is 0 Å². The average molecular weight is 239 g/mol. The van der Waals surface area contributed by atoms with Crippen LogP contribution in [0, 0.1) is 0 Å². The maximum atomic E-state index is 12.2. The summed E-state index contributed by atoms with van der Waals surface area (Å²) in [6, 6.07) is 0.678. The van der Waals surface area contributed by atoms with Crippen molar-refractivity contribution in [2.75, 3.05) is 6.61 Å². The molecule has 2 bridgehead atoms. The summed E-state index contributed by atoms with van der Waals surface area (Å²) in [6.07, 6.45) is 4.08. The van der Waals surface area contributed by atoms with Crippen LogP contribution in [0.5, 0.6) is 0 Å². The number of epoxide rings is 1. The van der Waals surface area contributed by atoms with Crippen molar-refractivity contribution in [3.8, 4) is 0 Å². The first kappa shape index (κ1) is 11.3. The van der Waals surface area contributed by atoms with Gasteiger partial charge in [0.05, 0.1) is 12.2 Å². The summed E-state index contributed by atoms with van der Waals surface area (Å²) < 4.78 is 11.1. The van der Waals surface area contributed by atoms with E-state index in [9.17, 15) is 4.79 Å². The molecule has 3 fully saturated rings. The first-order valence-corrected chi connectivity index (χ1v) is 6.54. The number of piperidine rings is 1. The average Bonchev–Trinajstić information content (AvgIpc) is 2.84. The first-order valence-electron chi connectivity index (χ1n) is 6.54. The predicted octanol–water partition coefficient (Wildman–Crippen LogP) is 2.32. The lowest BCUT2D eigenvalue weighted by atomic mass is 9.91. The zero-order valence-electron chi connectivity index (χ0n) is 10.9. The zero-order chi connectivity index (χ0) is 12.3. The van der Waals surface area contributed by atoms with Gasteiger partial charge in [-0.25, -0.2) is 4.79 Å². The standard InChI is InChI=1S/C13H21NO3/c1-12(2,3)17-11(15)14-9-4-5-10(14)7-13(6-9)8-16-13/h9-10H,4-8H2,1-3H3/t9-,10-/m0/s1. The lowest BCUT2D eigenvalue weighted by Gasteiger charge is -2.38. The molecule has 3 aliphatic heterocycles. The molecule has 3 saturated heterocycles. The molecule has 3 heterocycles. The Bertz CT molecular complexity index is 327. The maximum absolute atomic E-state index is 12.2. The SMILES string of the molecule is CC(C)(C)OC(=O)N1[C@H]2CC[C@H]1CC1(CO1)C2.